The topological polar surface area (TPSA) is 90.3 Å². The second-order valence-corrected chi connectivity index (χ2v) is 9.61. The van der Waals surface area contributed by atoms with Crippen molar-refractivity contribution >= 4 is 40.2 Å². The van der Waals surface area contributed by atoms with Gasteiger partial charge in [-0.2, -0.15) is 0 Å². The van der Waals surface area contributed by atoms with E-state index in [1.807, 2.05) is 30.5 Å². The Kier molecular flexibility index (Phi) is 6.00. The molecule has 3 aromatic rings. The molecule has 32 heavy (non-hydrogen) atoms. The molecule has 1 aliphatic rings. The van der Waals surface area contributed by atoms with Gasteiger partial charge in [-0.15, -0.1) is 0 Å². The lowest BCUT2D eigenvalue weighted by atomic mass is 9.96. The molecular formula is C25H34N6O. The first-order valence-corrected chi connectivity index (χ1v) is 11.4. The average molecular weight is 435 g/mol. The molecule has 3 heterocycles. The number of rotatable bonds is 6. The van der Waals surface area contributed by atoms with Crippen LogP contribution in [-0.4, -0.2) is 47.0 Å². The molecule has 0 spiro atoms. The van der Waals surface area contributed by atoms with E-state index in [0.29, 0.717) is 0 Å². The summed E-state index contributed by atoms with van der Waals surface area (Å²) in [6, 6.07) is 12.0. The number of fused-ring (bicyclic) bond motifs is 1. The minimum atomic E-state index is -0.198. The van der Waals surface area contributed by atoms with Gasteiger partial charge in [0.1, 0.15) is 12.1 Å². The number of nitrogen functional groups attached to an aromatic ring is 1. The highest BCUT2D eigenvalue weighted by atomic mass is 16.1. The molecule has 0 bridgehead atoms. The van der Waals surface area contributed by atoms with Gasteiger partial charge in [0.2, 0.25) is 0 Å². The lowest BCUT2D eigenvalue weighted by Gasteiger charge is -2.43. The van der Waals surface area contributed by atoms with Gasteiger partial charge in [-0.05, 0) is 76.9 Å². The molecule has 170 valence electrons. The van der Waals surface area contributed by atoms with Crippen molar-refractivity contribution in [3.05, 3.63) is 42.6 Å². The fourth-order valence-electron chi connectivity index (χ4n) is 4.69. The number of hydrogen-bond donors (Lipinski definition) is 3. The molecule has 1 saturated heterocycles. The van der Waals surface area contributed by atoms with Gasteiger partial charge < -0.3 is 30.6 Å². The van der Waals surface area contributed by atoms with Crippen molar-refractivity contribution in [3.63, 3.8) is 0 Å². The number of anilines is 4. The Bertz CT molecular complexity index is 1090. The number of nitrogens with two attached hydrogens (primary N) is 1. The molecule has 1 aromatic carbocycles. The van der Waals surface area contributed by atoms with E-state index in [9.17, 15) is 4.79 Å². The SMILES string of the molecule is CCN(c1ncccc1NC(C)(C)C)C1CCN(c2cc3cc(N)ccc3[nH]2)C(C=O)C1. The van der Waals surface area contributed by atoms with E-state index < -0.39 is 0 Å². The monoisotopic (exact) mass is 434 g/mol. The zero-order valence-corrected chi connectivity index (χ0v) is 19.4. The molecule has 2 aromatic heterocycles. The number of aldehydes is 1. The number of piperidine rings is 1. The minimum absolute atomic E-state index is 0.0646. The minimum Gasteiger partial charge on any atom is -0.399 e. The number of hydrogen-bond acceptors (Lipinski definition) is 6. The summed E-state index contributed by atoms with van der Waals surface area (Å²) in [5.41, 5.74) is 8.67. The maximum absolute atomic E-state index is 12.1. The highest BCUT2D eigenvalue weighted by molar-refractivity contribution is 5.87. The molecule has 0 amide bonds. The van der Waals surface area contributed by atoms with Crippen LogP contribution in [0.3, 0.4) is 0 Å². The Morgan fingerprint density at radius 1 is 1.31 bits per heavy atom. The molecular weight excluding hydrogens is 400 g/mol. The van der Waals surface area contributed by atoms with E-state index >= 15 is 0 Å². The van der Waals surface area contributed by atoms with Crippen molar-refractivity contribution in [2.45, 2.75) is 58.2 Å². The lowest BCUT2D eigenvalue weighted by Crippen LogP contribution is -2.51. The van der Waals surface area contributed by atoms with Crippen molar-refractivity contribution in [1.82, 2.24) is 9.97 Å². The standard InChI is InChI=1S/C25H34N6O/c1-5-30(24-22(7-6-11-27-24)29-25(2,3)4)19-10-12-31(20(15-19)16-32)23-14-17-13-18(26)8-9-21(17)28-23/h6-9,11,13-14,16,19-20,28-29H,5,10,12,15,26H2,1-4H3. The number of pyridine rings is 1. The van der Waals surface area contributed by atoms with Crippen LogP contribution in [0.4, 0.5) is 23.0 Å². The van der Waals surface area contributed by atoms with Crippen LogP contribution in [0.15, 0.2) is 42.6 Å². The molecule has 0 aliphatic carbocycles. The van der Waals surface area contributed by atoms with E-state index in [4.69, 9.17) is 10.7 Å². The van der Waals surface area contributed by atoms with E-state index in [2.05, 4.69) is 59.9 Å². The van der Waals surface area contributed by atoms with E-state index in [-0.39, 0.29) is 17.6 Å². The summed E-state index contributed by atoms with van der Waals surface area (Å²) < 4.78 is 0. The van der Waals surface area contributed by atoms with Crippen LogP contribution >= 0.6 is 0 Å². The smallest absolute Gasteiger partial charge is 0.152 e. The molecule has 1 fully saturated rings. The second-order valence-electron chi connectivity index (χ2n) is 9.61. The number of aromatic amines is 1. The van der Waals surface area contributed by atoms with Crippen molar-refractivity contribution in [3.8, 4) is 0 Å². The second kappa shape index (κ2) is 8.73. The average Bonchev–Trinajstić information content (AvgIpc) is 3.17. The Hall–Kier alpha value is -3.22. The van der Waals surface area contributed by atoms with Crippen LogP contribution < -0.4 is 20.9 Å². The molecule has 1 aliphatic heterocycles. The fourth-order valence-corrected chi connectivity index (χ4v) is 4.69. The summed E-state index contributed by atoms with van der Waals surface area (Å²) in [5.74, 6) is 1.92. The number of nitrogens with zero attached hydrogens (tertiary/aromatic N) is 3. The maximum atomic E-state index is 12.1. The van der Waals surface area contributed by atoms with E-state index in [1.54, 1.807) is 0 Å². The summed E-state index contributed by atoms with van der Waals surface area (Å²) in [4.78, 5) is 24.8. The van der Waals surface area contributed by atoms with Gasteiger partial charge in [0.25, 0.3) is 0 Å². The van der Waals surface area contributed by atoms with Gasteiger partial charge in [0, 0.05) is 47.5 Å². The van der Waals surface area contributed by atoms with Crippen molar-refractivity contribution in [2.75, 3.05) is 33.9 Å². The zero-order valence-electron chi connectivity index (χ0n) is 19.4. The van der Waals surface area contributed by atoms with Gasteiger partial charge in [-0.3, -0.25) is 0 Å². The Morgan fingerprint density at radius 2 is 2.12 bits per heavy atom. The molecule has 0 radical (unpaired) electrons. The van der Waals surface area contributed by atoms with Crippen LogP contribution in [0.2, 0.25) is 0 Å². The molecule has 7 heteroatoms. The van der Waals surface area contributed by atoms with Gasteiger partial charge in [0.05, 0.1) is 11.7 Å². The highest BCUT2D eigenvalue weighted by Gasteiger charge is 2.33. The van der Waals surface area contributed by atoms with Gasteiger partial charge >= 0.3 is 0 Å². The summed E-state index contributed by atoms with van der Waals surface area (Å²) in [5, 5.41) is 4.65. The Labute approximate surface area is 190 Å². The third-order valence-corrected chi connectivity index (χ3v) is 6.06. The van der Waals surface area contributed by atoms with E-state index in [1.165, 1.54) is 0 Å². The Morgan fingerprint density at radius 3 is 2.84 bits per heavy atom. The predicted octanol–water partition coefficient (Wildman–Crippen LogP) is 4.42. The summed E-state index contributed by atoms with van der Waals surface area (Å²) >= 11 is 0. The van der Waals surface area contributed by atoms with Gasteiger partial charge in [-0.25, -0.2) is 4.98 Å². The van der Waals surface area contributed by atoms with Gasteiger partial charge in [0.15, 0.2) is 5.82 Å². The molecule has 2 unspecified atom stereocenters. The Balaban J connectivity index is 1.57. The number of benzene rings is 1. The maximum Gasteiger partial charge on any atom is 0.152 e. The number of H-pyrrole nitrogens is 1. The summed E-state index contributed by atoms with van der Waals surface area (Å²) in [6.45, 7) is 10.2. The van der Waals surface area contributed by atoms with Crippen molar-refractivity contribution < 1.29 is 4.79 Å². The number of carbonyl (C=O) groups is 1. The first-order valence-electron chi connectivity index (χ1n) is 11.4. The molecule has 4 rings (SSSR count). The van der Waals surface area contributed by atoms with Crippen molar-refractivity contribution in [2.24, 2.45) is 0 Å². The van der Waals surface area contributed by atoms with E-state index in [0.717, 1.165) is 66.1 Å². The predicted molar refractivity (Wildman–Crippen MR) is 134 cm³/mol. The first kappa shape index (κ1) is 22.0. The molecule has 7 nitrogen and oxygen atoms in total. The normalized spacial score (nSPS) is 19.2. The highest BCUT2D eigenvalue weighted by Crippen LogP contribution is 2.33. The van der Waals surface area contributed by atoms with Crippen LogP contribution in [0.1, 0.15) is 40.5 Å². The molecule has 2 atom stereocenters. The number of nitrogens with one attached hydrogen (secondary N) is 2. The largest absolute Gasteiger partial charge is 0.399 e. The molecule has 4 N–H and O–H groups in total. The third-order valence-electron chi connectivity index (χ3n) is 6.06. The third kappa shape index (κ3) is 4.52. The summed E-state index contributed by atoms with van der Waals surface area (Å²) in [6.07, 6.45) is 4.61. The van der Waals surface area contributed by atoms with Crippen LogP contribution in [-0.2, 0) is 4.79 Å². The van der Waals surface area contributed by atoms with Crippen molar-refractivity contribution in [1.29, 1.82) is 0 Å². The van der Waals surface area contributed by atoms with Crippen LogP contribution in [0.5, 0.6) is 0 Å². The molecule has 0 saturated carbocycles. The zero-order chi connectivity index (χ0) is 22.9. The quantitative estimate of drug-likeness (QED) is 0.393. The lowest BCUT2D eigenvalue weighted by molar-refractivity contribution is -0.109. The number of carbonyl (C=O) groups excluding carboxylic acids is 1. The fraction of sp³-hybridized carbons (Fsp3) is 0.440. The van der Waals surface area contributed by atoms with Crippen LogP contribution in [0.25, 0.3) is 10.9 Å². The summed E-state index contributed by atoms with van der Waals surface area (Å²) in [7, 11) is 0. The van der Waals surface area contributed by atoms with Gasteiger partial charge in [-0.1, -0.05) is 0 Å². The number of aromatic nitrogens is 2. The first-order chi connectivity index (χ1) is 15.3. The van der Waals surface area contributed by atoms with Crippen LogP contribution in [0, 0.1) is 0 Å².